The van der Waals surface area contributed by atoms with Crippen LogP contribution in [0.1, 0.15) is 69.8 Å². The van der Waals surface area contributed by atoms with Gasteiger partial charge in [-0.05, 0) is 105 Å². The van der Waals surface area contributed by atoms with Crippen molar-refractivity contribution in [2.75, 3.05) is 7.11 Å². The van der Waals surface area contributed by atoms with Crippen molar-refractivity contribution in [3.63, 3.8) is 0 Å². The summed E-state index contributed by atoms with van der Waals surface area (Å²) in [5.74, 6) is 2.87. The normalized spacial score (nSPS) is 36.3. The van der Waals surface area contributed by atoms with Crippen LogP contribution in [0.5, 0.6) is 5.75 Å². The summed E-state index contributed by atoms with van der Waals surface area (Å²) < 4.78 is 33.4. The van der Waals surface area contributed by atoms with Crippen LogP contribution < -0.4 is 4.74 Å². The van der Waals surface area contributed by atoms with Crippen LogP contribution in [0.3, 0.4) is 0 Å². The second-order valence-corrected chi connectivity index (χ2v) is 8.93. The minimum atomic E-state index is -0.836. The smallest absolute Gasteiger partial charge is 0.200 e. The van der Waals surface area contributed by atoms with E-state index in [0.29, 0.717) is 5.56 Å². The lowest BCUT2D eigenvalue weighted by Crippen LogP contribution is -2.25. The average Bonchev–Trinajstić information content (AvgIpc) is 3.28. The summed E-state index contributed by atoms with van der Waals surface area (Å²) in [6.07, 6.45) is 14.5. The molecule has 0 N–H and O–H groups in total. The first-order valence-electron chi connectivity index (χ1n) is 10.8. The van der Waals surface area contributed by atoms with Gasteiger partial charge in [0, 0.05) is 0 Å². The zero-order chi connectivity index (χ0) is 19.0. The van der Waals surface area contributed by atoms with Crippen LogP contribution in [0.4, 0.5) is 8.78 Å². The van der Waals surface area contributed by atoms with Crippen molar-refractivity contribution >= 4 is 0 Å². The average molecular weight is 375 g/mol. The molecule has 1 aromatic carbocycles. The molecule has 0 amide bonds. The molecule has 3 aliphatic carbocycles. The number of fused-ring (bicyclic) bond motifs is 1. The van der Waals surface area contributed by atoms with E-state index in [1.54, 1.807) is 12.1 Å². The summed E-state index contributed by atoms with van der Waals surface area (Å²) in [6, 6.07) is 3.30. The fourth-order valence-electron chi connectivity index (χ4n) is 6.64. The summed E-state index contributed by atoms with van der Waals surface area (Å²) >= 11 is 0. The topological polar surface area (TPSA) is 9.23 Å². The number of hydrogen-bond acceptors (Lipinski definition) is 1. The molecule has 4 unspecified atom stereocenters. The lowest BCUT2D eigenvalue weighted by Gasteiger charge is -2.35. The van der Waals surface area contributed by atoms with Gasteiger partial charge in [-0.1, -0.05) is 18.2 Å². The Morgan fingerprint density at radius 2 is 1.56 bits per heavy atom. The predicted molar refractivity (Wildman–Crippen MR) is 105 cm³/mol. The first-order chi connectivity index (χ1) is 13.1. The molecule has 0 radical (unpaired) electrons. The molecule has 1 nitrogen and oxygen atoms in total. The molecule has 3 aliphatic rings. The Bertz CT molecular complexity index is 690. The van der Waals surface area contributed by atoms with Crippen molar-refractivity contribution in [1.29, 1.82) is 0 Å². The zero-order valence-corrected chi connectivity index (χ0v) is 16.6. The Morgan fingerprint density at radius 1 is 0.852 bits per heavy atom. The van der Waals surface area contributed by atoms with Crippen molar-refractivity contribution in [2.24, 2.45) is 29.6 Å². The third-order valence-electron chi connectivity index (χ3n) is 7.87. The Kier molecular flexibility index (Phi) is 5.57. The first kappa shape index (κ1) is 19.0. The van der Waals surface area contributed by atoms with Crippen LogP contribution in [0, 0.1) is 41.2 Å². The molecule has 3 fully saturated rings. The molecule has 0 bridgehead atoms. The van der Waals surface area contributed by atoms with Gasteiger partial charge in [0.25, 0.3) is 0 Å². The van der Waals surface area contributed by atoms with Gasteiger partial charge in [-0.2, -0.15) is 4.39 Å². The first-order valence-corrected chi connectivity index (χ1v) is 10.8. The van der Waals surface area contributed by atoms with E-state index < -0.39 is 11.6 Å². The molecule has 27 heavy (non-hydrogen) atoms. The lowest BCUT2D eigenvalue weighted by atomic mass is 9.70. The second-order valence-electron chi connectivity index (χ2n) is 8.93. The monoisotopic (exact) mass is 374 g/mol. The third kappa shape index (κ3) is 3.43. The fourth-order valence-corrected chi connectivity index (χ4v) is 6.64. The number of halogens is 2. The van der Waals surface area contributed by atoms with Crippen molar-refractivity contribution < 1.29 is 13.5 Å². The van der Waals surface area contributed by atoms with E-state index in [0.717, 1.165) is 42.4 Å². The maximum atomic E-state index is 14.5. The van der Waals surface area contributed by atoms with Gasteiger partial charge in [0.1, 0.15) is 0 Å². The van der Waals surface area contributed by atoms with Gasteiger partial charge in [-0.15, -0.1) is 0 Å². The Labute approximate surface area is 162 Å². The predicted octanol–water partition coefficient (Wildman–Crippen LogP) is 6.88. The standard InChI is InChI=1S/C24H32F2O/c1-3-4-15-9-10-21-18(15)11-12-19(21)16-5-7-17(8-6-16)20-13-14-22(27-2)24(26)23(20)25/h3-4,13-19,21H,5-12H2,1-2H3/b4-3+. The molecule has 0 saturated heterocycles. The van der Waals surface area contributed by atoms with Gasteiger partial charge < -0.3 is 4.74 Å². The molecule has 4 atom stereocenters. The van der Waals surface area contributed by atoms with Crippen molar-refractivity contribution in [2.45, 2.75) is 64.2 Å². The summed E-state index contributed by atoms with van der Waals surface area (Å²) in [7, 11) is 1.38. The number of methoxy groups -OCH3 is 1. The van der Waals surface area contributed by atoms with Gasteiger partial charge in [-0.3, -0.25) is 0 Å². The van der Waals surface area contributed by atoms with Crippen LogP contribution in [-0.4, -0.2) is 7.11 Å². The van der Waals surface area contributed by atoms with Crippen molar-refractivity contribution in [3.05, 3.63) is 41.5 Å². The Morgan fingerprint density at radius 3 is 2.26 bits per heavy atom. The van der Waals surface area contributed by atoms with Crippen LogP contribution in [-0.2, 0) is 0 Å². The van der Waals surface area contributed by atoms with E-state index in [9.17, 15) is 8.78 Å². The number of rotatable bonds is 4. The van der Waals surface area contributed by atoms with E-state index in [2.05, 4.69) is 19.1 Å². The highest BCUT2D eigenvalue weighted by Gasteiger charge is 2.46. The number of benzene rings is 1. The molecule has 3 heteroatoms. The lowest BCUT2D eigenvalue weighted by molar-refractivity contribution is 0.180. The van der Waals surface area contributed by atoms with Gasteiger partial charge in [0.2, 0.25) is 5.82 Å². The largest absolute Gasteiger partial charge is 0.494 e. The Balaban J connectivity index is 1.40. The van der Waals surface area contributed by atoms with Crippen LogP contribution in [0.15, 0.2) is 24.3 Å². The van der Waals surface area contributed by atoms with Gasteiger partial charge in [0.05, 0.1) is 7.11 Å². The van der Waals surface area contributed by atoms with Gasteiger partial charge >= 0.3 is 0 Å². The van der Waals surface area contributed by atoms with E-state index in [1.807, 2.05) is 0 Å². The van der Waals surface area contributed by atoms with Gasteiger partial charge in [0.15, 0.2) is 11.6 Å². The molecule has 0 spiro atoms. The molecule has 1 aromatic rings. The molecule has 3 saturated carbocycles. The molecule has 0 aliphatic heterocycles. The maximum Gasteiger partial charge on any atom is 0.200 e. The minimum Gasteiger partial charge on any atom is -0.494 e. The van der Waals surface area contributed by atoms with Crippen LogP contribution in [0.25, 0.3) is 0 Å². The highest BCUT2D eigenvalue weighted by molar-refractivity contribution is 5.33. The number of hydrogen-bond donors (Lipinski definition) is 0. The Hall–Kier alpha value is -1.38. The fraction of sp³-hybridized carbons (Fsp3) is 0.667. The number of allylic oxidation sites excluding steroid dienone is 2. The summed E-state index contributed by atoms with van der Waals surface area (Å²) in [4.78, 5) is 0. The summed E-state index contributed by atoms with van der Waals surface area (Å²) in [5.41, 5.74) is 0.546. The highest BCUT2D eigenvalue weighted by Crippen LogP contribution is 2.56. The van der Waals surface area contributed by atoms with Crippen LogP contribution in [0.2, 0.25) is 0 Å². The van der Waals surface area contributed by atoms with E-state index in [-0.39, 0.29) is 11.7 Å². The SMILES string of the molecule is C/C=C/C1CCC2C1CCC2C1CCC(c2ccc(OC)c(F)c2F)CC1. The van der Waals surface area contributed by atoms with E-state index >= 15 is 0 Å². The third-order valence-corrected chi connectivity index (χ3v) is 7.87. The van der Waals surface area contributed by atoms with Crippen LogP contribution >= 0.6 is 0 Å². The minimum absolute atomic E-state index is 0.00106. The summed E-state index contributed by atoms with van der Waals surface area (Å²) in [5, 5.41) is 0. The number of ether oxygens (including phenoxy) is 1. The quantitative estimate of drug-likeness (QED) is 0.522. The zero-order valence-electron chi connectivity index (χ0n) is 16.6. The molecule has 0 heterocycles. The van der Waals surface area contributed by atoms with E-state index in [4.69, 9.17) is 4.74 Å². The molecular weight excluding hydrogens is 342 g/mol. The molecular formula is C24H32F2O. The maximum absolute atomic E-state index is 14.5. The van der Waals surface area contributed by atoms with Gasteiger partial charge in [-0.25, -0.2) is 4.39 Å². The highest BCUT2D eigenvalue weighted by atomic mass is 19.2. The van der Waals surface area contributed by atoms with Crippen molar-refractivity contribution in [3.8, 4) is 5.75 Å². The molecule has 0 aromatic heterocycles. The van der Waals surface area contributed by atoms with Crippen molar-refractivity contribution in [1.82, 2.24) is 0 Å². The molecule has 148 valence electrons. The summed E-state index contributed by atoms with van der Waals surface area (Å²) in [6.45, 7) is 2.14. The molecule has 4 rings (SSSR count). The second kappa shape index (κ2) is 7.93. The van der Waals surface area contributed by atoms with E-state index in [1.165, 1.54) is 45.6 Å².